The second-order valence-electron chi connectivity index (χ2n) is 4.76. The van der Waals surface area contributed by atoms with E-state index >= 15 is 0 Å². The number of imidazole rings is 1. The van der Waals surface area contributed by atoms with Gasteiger partial charge in [0.25, 0.3) is 0 Å². The third-order valence-corrected chi connectivity index (χ3v) is 4.16. The van der Waals surface area contributed by atoms with Crippen LogP contribution < -0.4 is 5.32 Å². The lowest BCUT2D eigenvalue weighted by atomic mass is 9.97. The minimum atomic E-state index is 0.537. The first-order chi connectivity index (χ1) is 8.22. The van der Waals surface area contributed by atoms with E-state index in [4.69, 9.17) is 0 Å². The Morgan fingerprint density at radius 1 is 1.53 bits per heavy atom. The highest BCUT2D eigenvalue weighted by molar-refractivity contribution is 7.15. The smallest absolute Gasteiger partial charge is 0.193 e. The maximum atomic E-state index is 4.64. The van der Waals surface area contributed by atoms with Crippen LogP contribution >= 0.6 is 11.3 Å². The Morgan fingerprint density at radius 2 is 2.35 bits per heavy atom. The molecule has 0 fully saturated rings. The number of aromatic nitrogens is 2. The summed E-state index contributed by atoms with van der Waals surface area (Å²) in [5.74, 6) is 0.774. The van der Waals surface area contributed by atoms with Gasteiger partial charge in [0.15, 0.2) is 4.96 Å². The first-order valence-corrected chi connectivity index (χ1v) is 7.19. The van der Waals surface area contributed by atoms with Crippen LogP contribution in [0, 0.1) is 5.92 Å². The third-order valence-electron chi connectivity index (χ3n) is 3.39. The molecule has 2 heterocycles. The average molecular weight is 251 g/mol. The zero-order chi connectivity index (χ0) is 12.3. The van der Waals surface area contributed by atoms with Gasteiger partial charge in [0, 0.05) is 30.2 Å². The van der Waals surface area contributed by atoms with Crippen molar-refractivity contribution in [3.05, 3.63) is 23.5 Å². The zero-order valence-corrected chi connectivity index (χ0v) is 11.6. The van der Waals surface area contributed by atoms with Gasteiger partial charge in [0.05, 0.1) is 5.69 Å². The summed E-state index contributed by atoms with van der Waals surface area (Å²) in [7, 11) is 2.05. The Morgan fingerprint density at radius 3 is 3.00 bits per heavy atom. The standard InChI is InChI=1S/C13H21N3S/c1-4-10(2)7-11(14-3)8-12-9-16-5-6-17-13(16)15-12/h5-6,9-11,14H,4,7-8H2,1-3H3. The fraction of sp³-hybridized carbons (Fsp3) is 0.615. The first kappa shape index (κ1) is 12.6. The van der Waals surface area contributed by atoms with Crippen molar-refractivity contribution >= 4 is 16.3 Å². The van der Waals surface area contributed by atoms with E-state index in [1.54, 1.807) is 11.3 Å². The van der Waals surface area contributed by atoms with Crippen molar-refractivity contribution in [1.29, 1.82) is 0 Å². The normalized spacial score (nSPS) is 15.2. The van der Waals surface area contributed by atoms with Crippen molar-refractivity contribution in [2.24, 2.45) is 5.92 Å². The van der Waals surface area contributed by atoms with Crippen molar-refractivity contribution < 1.29 is 0 Å². The highest BCUT2D eigenvalue weighted by Gasteiger charge is 2.13. The van der Waals surface area contributed by atoms with Crippen molar-refractivity contribution in [2.45, 2.75) is 39.2 Å². The number of rotatable bonds is 6. The molecular weight excluding hydrogens is 230 g/mol. The number of nitrogens with one attached hydrogen (secondary N) is 1. The molecule has 2 aromatic heterocycles. The fourth-order valence-electron chi connectivity index (χ4n) is 2.08. The molecule has 0 saturated carbocycles. The topological polar surface area (TPSA) is 29.3 Å². The van der Waals surface area contributed by atoms with E-state index in [1.807, 2.05) is 7.05 Å². The van der Waals surface area contributed by atoms with Crippen LogP contribution in [0.2, 0.25) is 0 Å². The predicted molar refractivity (Wildman–Crippen MR) is 73.7 cm³/mol. The second-order valence-corrected chi connectivity index (χ2v) is 5.64. The van der Waals surface area contributed by atoms with Gasteiger partial charge in [-0.25, -0.2) is 4.98 Å². The number of hydrogen-bond acceptors (Lipinski definition) is 3. The summed E-state index contributed by atoms with van der Waals surface area (Å²) >= 11 is 1.69. The monoisotopic (exact) mass is 251 g/mol. The molecule has 17 heavy (non-hydrogen) atoms. The van der Waals surface area contributed by atoms with Crippen molar-refractivity contribution in [2.75, 3.05) is 7.05 Å². The lowest BCUT2D eigenvalue weighted by Crippen LogP contribution is -2.29. The van der Waals surface area contributed by atoms with Crippen LogP contribution in [0.5, 0.6) is 0 Å². The molecule has 4 heteroatoms. The van der Waals surface area contributed by atoms with E-state index in [0.717, 1.165) is 17.3 Å². The molecule has 0 aromatic carbocycles. The lowest BCUT2D eigenvalue weighted by Gasteiger charge is -2.18. The summed E-state index contributed by atoms with van der Waals surface area (Å²) in [5, 5.41) is 5.48. The minimum absolute atomic E-state index is 0.537. The lowest BCUT2D eigenvalue weighted by molar-refractivity contribution is 0.408. The van der Waals surface area contributed by atoms with E-state index < -0.39 is 0 Å². The maximum absolute atomic E-state index is 4.64. The summed E-state index contributed by atoms with van der Waals surface area (Å²) in [6, 6.07) is 0.537. The van der Waals surface area contributed by atoms with Crippen LogP contribution in [0.3, 0.4) is 0 Å². The van der Waals surface area contributed by atoms with Gasteiger partial charge in [-0.15, -0.1) is 11.3 Å². The number of fused-ring (bicyclic) bond motifs is 1. The Kier molecular flexibility index (Phi) is 4.18. The van der Waals surface area contributed by atoms with Crippen molar-refractivity contribution in [3.63, 3.8) is 0 Å². The van der Waals surface area contributed by atoms with Gasteiger partial charge >= 0.3 is 0 Å². The van der Waals surface area contributed by atoms with Crippen LogP contribution in [0.15, 0.2) is 17.8 Å². The third kappa shape index (κ3) is 3.07. The fourth-order valence-corrected chi connectivity index (χ4v) is 2.80. The molecule has 2 rings (SSSR count). The van der Waals surface area contributed by atoms with E-state index in [-0.39, 0.29) is 0 Å². The molecule has 3 nitrogen and oxygen atoms in total. The van der Waals surface area contributed by atoms with Gasteiger partial charge in [0.2, 0.25) is 0 Å². The molecule has 0 amide bonds. The molecule has 0 aliphatic heterocycles. The maximum Gasteiger partial charge on any atom is 0.193 e. The summed E-state index contributed by atoms with van der Waals surface area (Å²) < 4.78 is 2.11. The molecule has 94 valence electrons. The Bertz CT molecular complexity index is 431. The Hall–Kier alpha value is -0.870. The summed E-state index contributed by atoms with van der Waals surface area (Å²) in [4.78, 5) is 5.73. The quantitative estimate of drug-likeness (QED) is 0.855. The summed E-state index contributed by atoms with van der Waals surface area (Å²) in [6.45, 7) is 4.57. The Labute approximate surface area is 107 Å². The Balaban J connectivity index is 2.00. The molecule has 1 N–H and O–H groups in total. The zero-order valence-electron chi connectivity index (χ0n) is 10.8. The van der Waals surface area contributed by atoms with Gasteiger partial charge in [-0.2, -0.15) is 0 Å². The van der Waals surface area contributed by atoms with Gasteiger partial charge in [-0.1, -0.05) is 20.3 Å². The average Bonchev–Trinajstić information content (AvgIpc) is 2.88. The van der Waals surface area contributed by atoms with E-state index in [1.165, 1.54) is 18.5 Å². The summed E-state index contributed by atoms with van der Waals surface area (Å²) in [6.07, 6.45) is 7.70. The van der Waals surface area contributed by atoms with Crippen LogP contribution in [0.4, 0.5) is 0 Å². The van der Waals surface area contributed by atoms with Gasteiger partial charge in [0.1, 0.15) is 0 Å². The molecule has 0 spiro atoms. The molecule has 0 saturated heterocycles. The van der Waals surface area contributed by atoms with Crippen molar-refractivity contribution in [1.82, 2.24) is 14.7 Å². The highest BCUT2D eigenvalue weighted by Crippen LogP contribution is 2.16. The van der Waals surface area contributed by atoms with Gasteiger partial charge in [-0.3, -0.25) is 4.40 Å². The molecule has 0 aliphatic carbocycles. The number of thiazole rings is 1. The SMILES string of the molecule is CCC(C)CC(Cc1cn2ccsc2n1)NC. The van der Waals surface area contributed by atoms with Crippen molar-refractivity contribution in [3.8, 4) is 0 Å². The van der Waals surface area contributed by atoms with Crippen LogP contribution in [-0.2, 0) is 6.42 Å². The summed E-state index contributed by atoms with van der Waals surface area (Å²) in [5.41, 5.74) is 1.19. The van der Waals surface area contributed by atoms with Crippen LogP contribution in [0.25, 0.3) is 4.96 Å². The molecule has 2 aromatic rings. The van der Waals surface area contributed by atoms with Gasteiger partial charge in [-0.05, 0) is 19.4 Å². The highest BCUT2D eigenvalue weighted by atomic mass is 32.1. The molecule has 2 unspecified atom stereocenters. The first-order valence-electron chi connectivity index (χ1n) is 6.31. The molecular formula is C13H21N3S. The minimum Gasteiger partial charge on any atom is -0.317 e. The van der Waals surface area contributed by atoms with E-state index in [0.29, 0.717) is 6.04 Å². The van der Waals surface area contributed by atoms with E-state index in [2.05, 4.69) is 46.3 Å². The number of likely N-dealkylation sites (N-methyl/N-ethyl adjacent to an activating group) is 1. The second kappa shape index (κ2) is 5.65. The molecule has 0 radical (unpaired) electrons. The van der Waals surface area contributed by atoms with Crippen LogP contribution in [0.1, 0.15) is 32.4 Å². The number of hydrogen-bond donors (Lipinski definition) is 1. The van der Waals surface area contributed by atoms with E-state index in [9.17, 15) is 0 Å². The molecule has 0 bridgehead atoms. The van der Waals surface area contributed by atoms with Gasteiger partial charge < -0.3 is 5.32 Å². The predicted octanol–water partition coefficient (Wildman–Crippen LogP) is 2.96. The number of nitrogens with zero attached hydrogens (tertiary/aromatic N) is 2. The largest absolute Gasteiger partial charge is 0.317 e. The molecule has 0 aliphatic rings. The molecule has 2 atom stereocenters. The van der Waals surface area contributed by atoms with Crippen LogP contribution in [-0.4, -0.2) is 22.5 Å².